The van der Waals surface area contributed by atoms with Crippen LogP contribution < -0.4 is 10.6 Å². The molecule has 1 fully saturated rings. The third-order valence-corrected chi connectivity index (χ3v) is 6.77. The predicted octanol–water partition coefficient (Wildman–Crippen LogP) is 3.56. The Morgan fingerprint density at radius 1 is 1.27 bits per heavy atom. The Morgan fingerprint density at radius 2 is 1.97 bits per heavy atom. The van der Waals surface area contributed by atoms with E-state index in [0.29, 0.717) is 22.7 Å². The number of ether oxygens (including phenoxy) is 1. The van der Waals surface area contributed by atoms with E-state index in [2.05, 4.69) is 16.7 Å². The van der Waals surface area contributed by atoms with Crippen LogP contribution >= 0.6 is 22.9 Å². The molecule has 2 aromatic rings. The van der Waals surface area contributed by atoms with Crippen molar-refractivity contribution in [1.29, 1.82) is 5.26 Å². The Labute approximate surface area is 183 Å². The third kappa shape index (κ3) is 4.91. The van der Waals surface area contributed by atoms with Gasteiger partial charge < -0.3 is 15.4 Å². The highest BCUT2D eigenvalue weighted by molar-refractivity contribution is 7.21. The molecule has 2 amide bonds. The van der Waals surface area contributed by atoms with E-state index >= 15 is 0 Å². The molecule has 1 atom stereocenters. The zero-order valence-corrected chi connectivity index (χ0v) is 18.1. The molecule has 0 spiro atoms. The fourth-order valence-corrected chi connectivity index (χ4v) is 4.88. The highest BCUT2D eigenvalue weighted by Crippen LogP contribution is 2.35. The van der Waals surface area contributed by atoms with Crippen molar-refractivity contribution in [2.24, 2.45) is 0 Å². The van der Waals surface area contributed by atoms with Crippen molar-refractivity contribution in [3.8, 4) is 6.07 Å². The van der Waals surface area contributed by atoms with Gasteiger partial charge in [-0.2, -0.15) is 5.26 Å². The number of benzene rings is 1. The van der Waals surface area contributed by atoms with Gasteiger partial charge in [0.25, 0.3) is 11.8 Å². The smallest absolute Gasteiger partial charge is 0.326 e. The maximum atomic E-state index is 12.4. The molecule has 9 heteroatoms. The molecule has 1 aliphatic rings. The molecule has 1 aromatic heterocycles. The van der Waals surface area contributed by atoms with Gasteiger partial charge in [-0.25, -0.2) is 0 Å². The molecule has 30 heavy (non-hydrogen) atoms. The van der Waals surface area contributed by atoms with Gasteiger partial charge in [-0.3, -0.25) is 14.4 Å². The molecule has 1 aromatic carbocycles. The van der Waals surface area contributed by atoms with Gasteiger partial charge in [-0.1, -0.05) is 49.1 Å². The van der Waals surface area contributed by atoms with Gasteiger partial charge in [-0.05, 0) is 25.8 Å². The first-order valence-electron chi connectivity index (χ1n) is 9.73. The van der Waals surface area contributed by atoms with Gasteiger partial charge in [0.05, 0.1) is 11.1 Å². The normalized spacial score (nSPS) is 16.3. The molecule has 2 N–H and O–H groups in total. The van der Waals surface area contributed by atoms with E-state index < -0.39 is 36.0 Å². The molecular weight excluding hydrogens is 426 g/mol. The summed E-state index contributed by atoms with van der Waals surface area (Å²) in [6.45, 7) is 1.04. The fourth-order valence-electron chi connectivity index (χ4n) is 3.44. The van der Waals surface area contributed by atoms with Crippen molar-refractivity contribution < 1.29 is 19.1 Å². The van der Waals surface area contributed by atoms with Gasteiger partial charge in [0.2, 0.25) is 0 Å². The number of thiophene rings is 1. The molecule has 7 nitrogen and oxygen atoms in total. The van der Waals surface area contributed by atoms with E-state index in [1.54, 1.807) is 0 Å². The number of carbonyl (C=O) groups excluding carboxylic acids is 3. The first-order valence-corrected chi connectivity index (χ1v) is 10.9. The van der Waals surface area contributed by atoms with Crippen LogP contribution in [0.1, 0.15) is 48.7 Å². The number of nitrogens with zero attached hydrogens (tertiary/aromatic N) is 1. The number of rotatable bonds is 6. The van der Waals surface area contributed by atoms with E-state index in [9.17, 15) is 19.6 Å². The molecule has 0 radical (unpaired) electrons. The largest absolute Gasteiger partial charge is 0.451 e. The number of fused-ring (bicyclic) bond motifs is 1. The van der Waals surface area contributed by atoms with Crippen molar-refractivity contribution in [3.05, 3.63) is 34.2 Å². The lowest BCUT2D eigenvalue weighted by Crippen LogP contribution is -2.52. The molecule has 0 saturated heterocycles. The minimum absolute atomic E-state index is 0.310. The van der Waals surface area contributed by atoms with E-state index in [-0.39, 0.29) is 0 Å². The van der Waals surface area contributed by atoms with Crippen molar-refractivity contribution in [3.63, 3.8) is 0 Å². The lowest BCUT2D eigenvalue weighted by atomic mass is 9.83. The quantitative estimate of drug-likeness (QED) is 0.658. The summed E-state index contributed by atoms with van der Waals surface area (Å²) >= 11 is 7.50. The first kappa shape index (κ1) is 22.1. The van der Waals surface area contributed by atoms with Crippen LogP contribution in [0.3, 0.4) is 0 Å². The maximum absolute atomic E-state index is 12.4. The standard InChI is InChI=1S/C21H22ClN3O4S/c1-13(19(27)25-21(12-23)9-5-2-6-10-21)29-16(26)11-24-20(28)18-17(22)14-7-3-4-8-15(14)30-18/h3-4,7-8,13H,2,5-6,9-11H2,1H3,(H,24,28)(H,25,27). The van der Waals surface area contributed by atoms with Gasteiger partial charge >= 0.3 is 5.97 Å². The minimum Gasteiger partial charge on any atom is -0.451 e. The van der Waals surface area contributed by atoms with Crippen LogP contribution in [0, 0.1) is 11.3 Å². The Bertz CT molecular complexity index is 1010. The number of esters is 1. The number of halogens is 1. The number of hydrogen-bond donors (Lipinski definition) is 2. The lowest BCUT2D eigenvalue weighted by Gasteiger charge is -2.32. The molecule has 1 unspecified atom stereocenters. The number of carbonyl (C=O) groups is 3. The topological polar surface area (TPSA) is 108 Å². The van der Waals surface area contributed by atoms with Crippen LogP contribution in [0.5, 0.6) is 0 Å². The van der Waals surface area contributed by atoms with Crippen molar-refractivity contribution in [2.75, 3.05) is 6.54 Å². The molecule has 0 bridgehead atoms. The number of amides is 2. The van der Waals surface area contributed by atoms with Crippen LogP contribution in [-0.2, 0) is 14.3 Å². The monoisotopic (exact) mass is 447 g/mol. The highest BCUT2D eigenvalue weighted by atomic mass is 35.5. The van der Waals surface area contributed by atoms with Gasteiger partial charge in [0.15, 0.2) is 6.10 Å². The maximum Gasteiger partial charge on any atom is 0.326 e. The molecule has 1 heterocycles. The van der Waals surface area contributed by atoms with Crippen LogP contribution in [0.2, 0.25) is 5.02 Å². The molecule has 1 saturated carbocycles. The minimum atomic E-state index is -1.07. The SMILES string of the molecule is CC(OC(=O)CNC(=O)c1sc2ccccc2c1Cl)C(=O)NC1(C#N)CCCCC1. The second kappa shape index (κ2) is 9.45. The molecular formula is C21H22ClN3O4S. The van der Waals surface area contributed by atoms with Crippen LogP contribution in [-0.4, -0.2) is 36.0 Å². The van der Waals surface area contributed by atoms with Gasteiger partial charge in [-0.15, -0.1) is 11.3 Å². The summed E-state index contributed by atoms with van der Waals surface area (Å²) in [5.74, 6) is -1.76. The Balaban J connectivity index is 1.52. The van der Waals surface area contributed by atoms with Crippen LogP contribution in [0.15, 0.2) is 24.3 Å². The second-order valence-electron chi connectivity index (χ2n) is 7.30. The molecule has 1 aliphatic carbocycles. The number of hydrogen-bond acceptors (Lipinski definition) is 6. The number of nitriles is 1. The van der Waals surface area contributed by atoms with Crippen LogP contribution in [0.25, 0.3) is 10.1 Å². The predicted molar refractivity (Wildman–Crippen MR) is 114 cm³/mol. The summed E-state index contributed by atoms with van der Waals surface area (Å²) in [4.78, 5) is 37.2. The summed E-state index contributed by atoms with van der Waals surface area (Å²) < 4.78 is 5.98. The number of nitrogens with one attached hydrogen (secondary N) is 2. The van der Waals surface area contributed by atoms with E-state index in [0.717, 1.165) is 29.3 Å². The Hall–Kier alpha value is -2.63. The lowest BCUT2D eigenvalue weighted by molar-refractivity contribution is -0.154. The molecule has 3 rings (SSSR count). The zero-order chi connectivity index (χ0) is 21.7. The van der Waals surface area contributed by atoms with Crippen LogP contribution in [0.4, 0.5) is 0 Å². The Morgan fingerprint density at radius 3 is 2.63 bits per heavy atom. The molecule has 0 aliphatic heterocycles. The summed E-state index contributed by atoms with van der Waals surface area (Å²) in [5, 5.41) is 15.8. The summed E-state index contributed by atoms with van der Waals surface area (Å²) in [6, 6.07) is 9.55. The van der Waals surface area contributed by atoms with Crippen molar-refractivity contribution in [2.45, 2.75) is 50.7 Å². The molecule has 158 valence electrons. The van der Waals surface area contributed by atoms with Gasteiger partial charge in [0.1, 0.15) is 17.0 Å². The van der Waals surface area contributed by atoms with E-state index in [4.69, 9.17) is 16.3 Å². The van der Waals surface area contributed by atoms with E-state index in [1.165, 1.54) is 18.3 Å². The Kier molecular flexibility index (Phi) is 6.95. The zero-order valence-electron chi connectivity index (χ0n) is 16.5. The average molecular weight is 448 g/mol. The van der Waals surface area contributed by atoms with Gasteiger partial charge in [0, 0.05) is 10.1 Å². The van der Waals surface area contributed by atoms with E-state index in [1.807, 2.05) is 24.3 Å². The summed E-state index contributed by atoms with van der Waals surface area (Å²) in [6.07, 6.45) is 2.87. The highest BCUT2D eigenvalue weighted by Gasteiger charge is 2.35. The van der Waals surface area contributed by atoms with Crippen molar-refractivity contribution >= 4 is 50.8 Å². The first-order chi connectivity index (χ1) is 14.3. The van der Waals surface area contributed by atoms with Crippen molar-refractivity contribution in [1.82, 2.24) is 10.6 Å². The summed E-state index contributed by atoms with van der Waals surface area (Å²) in [7, 11) is 0. The second-order valence-corrected chi connectivity index (χ2v) is 8.73. The fraction of sp³-hybridized carbons (Fsp3) is 0.429. The third-order valence-electron chi connectivity index (χ3n) is 5.10. The average Bonchev–Trinajstić information content (AvgIpc) is 3.09. The summed E-state index contributed by atoms with van der Waals surface area (Å²) in [5.41, 5.74) is -0.901.